The molecule has 9 heteroatoms. The van der Waals surface area contributed by atoms with Crippen LogP contribution in [0.2, 0.25) is 0 Å². The van der Waals surface area contributed by atoms with E-state index in [2.05, 4.69) is 10.3 Å². The number of nitrogens with two attached hydrogens (primary N) is 1. The molecular weight excluding hydrogens is 391 g/mol. The normalized spacial score (nSPS) is 11.5. The van der Waals surface area contributed by atoms with Crippen molar-refractivity contribution in [1.29, 1.82) is 0 Å². The zero-order valence-corrected chi connectivity index (χ0v) is 15.8. The summed E-state index contributed by atoms with van der Waals surface area (Å²) in [4.78, 5) is 26.5. The smallest absolute Gasteiger partial charge is 0.272 e. The van der Waals surface area contributed by atoms with Crippen molar-refractivity contribution < 1.29 is 18.8 Å². The predicted octanol–water partition coefficient (Wildman–Crippen LogP) is 3.22. The number of benzene rings is 2. The number of hydrogen-bond donors (Lipinski definition) is 2. The zero-order valence-electron chi connectivity index (χ0n) is 15.8. The van der Waals surface area contributed by atoms with Crippen LogP contribution in [0.5, 0.6) is 5.75 Å². The number of rotatable bonds is 8. The number of carbonyl (C=O) groups is 1. The van der Waals surface area contributed by atoms with Gasteiger partial charge in [0.25, 0.3) is 5.69 Å². The van der Waals surface area contributed by atoms with E-state index in [1.807, 2.05) is 0 Å². The van der Waals surface area contributed by atoms with E-state index in [9.17, 15) is 19.3 Å². The fourth-order valence-corrected chi connectivity index (χ4v) is 2.67. The highest BCUT2D eigenvalue weighted by Gasteiger charge is 2.16. The van der Waals surface area contributed by atoms with Gasteiger partial charge in [0.2, 0.25) is 5.91 Å². The molecule has 0 unspecified atom stereocenters. The number of anilines is 1. The van der Waals surface area contributed by atoms with Crippen molar-refractivity contribution in [1.82, 2.24) is 4.98 Å². The topological polar surface area (TPSA) is 120 Å². The number of nitro groups is 1. The van der Waals surface area contributed by atoms with E-state index in [0.717, 1.165) is 5.56 Å². The van der Waals surface area contributed by atoms with Crippen LogP contribution in [-0.4, -0.2) is 21.9 Å². The van der Waals surface area contributed by atoms with Gasteiger partial charge in [0.05, 0.1) is 22.3 Å². The van der Waals surface area contributed by atoms with Crippen LogP contribution < -0.4 is 15.8 Å². The molecule has 1 atom stereocenters. The second kappa shape index (κ2) is 9.57. The lowest BCUT2D eigenvalue weighted by Gasteiger charge is -2.13. The van der Waals surface area contributed by atoms with E-state index >= 15 is 0 Å². The molecular formula is C21H19FN4O4. The molecule has 1 aromatic heterocycles. The zero-order chi connectivity index (χ0) is 21.5. The highest BCUT2D eigenvalue weighted by atomic mass is 19.1. The Hall–Kier alpha value is -3.85. The minimum atomic E-state index is -0.856. The van der Waals surface area contributed by atoms with E-state index in [0.29, 0.717) is 11.4 Å². The van der Waals surface area contributed by atoms with Crippen LogP contribution in [0, 0.1) is 15.9 Å². The van der Waals surface area contributed by atoms with E-state index in [1.165, 1.54) is 36.5 Å². The van der Waals surface area contributed by atoms with Gasteiger partial charge in [-0.2, -0.15) is 0 Å². The van der Waals surface area contributed by atoms with Gasteiger partial charge >= 0.3 is 0 Å². The summed E-state index contributed by atoms with van der Waals surface area (Å²) in [7, 11) is 0. The first-order valence-electron chi connectivity index (χ1n) is 9.04. The SMILES string of the molecule is N[C@@H](Cc1ccc(OCc2cc([N+](=O)[O-])ccn2)cc1)C(=O)Nc1ccccc1F. The quantitative estimate of drug-likeness (QED) is 0.435. The summed E-state index contributed by atoms with van der Waals surface area (Å²) in [6.07, 6.45) is 1.61. The third-order valence-electron chi connectivity index (χ3n) is 4.25. The Kier molecular flexibility index (Phi) is 6.66. The maximum absolute atomic E-state index is 13.6. The fourth-order valence-electron chi connectivity index (χ4n) is 2.67. The molecule has 30 heavy (non-hydrogen) atoms. The van der Waals surface area contributed by atoms with Crippen molar-refractivity contribution >= 4 is 17.3 Å². The number of nitrogens with one attached hydrogen (secondary N) is 1. The van der Waals surface area contributed by atoms with Gasteiger partial charge in [0.15, 0.2) is 0 Å². The molecule has 0 saturated heterocycles. The number of amides is 1. The first-order chi connectivity index (χ1) is 14.4. The maximum Gasteiger partial charge on any atom is 0.272 e. The molecule has 0 radical (unpaired) electrons. The van der Waals surface area contributed by atoms with Crippen LogP contribution in [0.3, 0.4) is 0 Å². The van der Waals surface area contributed by atoms with Crippen molar-refractivity contribution in [2.24, 2.45) is 5.73 Å². The molecule has 0 aliphatic heterocycles. The predicted molar refractivity (Wildman–Crippen MR) is 108 cm³/mol. The Morgan fingerprint density at radius 1 is 1.20 bits per heavy atom. The van der Waals surface area contributed by atoms with Gasteiger partial charge in [-0.1, -0.05) is 24.3 Å². The first kappa shape index (κ1) is 20.9. The Morgan fingerprint density at radius 3 is 2.63 bits per heavy atom. The molecule has 154 valence electrons. The molecule has 8 nitrogen and oxygen atoms in total. The number of halogens is 1. The van der Waals surface area contributed by atoms with Crippen LogP contribution in [0.4, 0.5) is 15.8 Å². The summed E-state index contributed by atoms with van der Waals surface area (Å²) in [6.45, 7) is 0.0750. The maximum atomic E-state index is 13.6. The summed E-state index contributed by atoms with van der Waals surface area (Å²) in [5, 5.41) is 13.3. The molecule has 0 saturated carbocycles. The fraction of sp³-hybridized carbons (Fsp3) is 0.143. The molecule has 0 bridgehead atoms. The van der Waals surface area contributed by atoms with Gasteiger partial charge in [0.1, 0.15) is 18.2 Å². The molecule has 3 rings (SSSR count). The Balaban J connectivity index is 1.54. The number of para-hydroxylation sites is 1. The monoisotopic (exact) mass is 410 g/mol. The van der Waals surface area contributed by atoms with Gasteiger partial charge < -0.3 is 15.8 Å². The van der Waals surface area contributed by atoms with E-state index < -0.39 is 22.7 Å². The highest BCUT2D eigenvalue weighted by molar-refractivity contribution is 5.94. The summed E-state index contributed by atoms with van der Waals surface area (Å²) in [5.74, 6) is -0.480. The van der Waals surface area contributed by atoms with Gasteiger partial charge in [-0.05, 0) is 36.2 Å². The molecule has 2 aromatic carbocycles. The largest absolute Gasteiger partial charge is 0.487 e. The first-order valence-corrected chi connectivity index (χ1v) is 9.04. The van der Waals surface area contributed by atoms with Crippen molar-refractivity contribution in [2.45, 2.75) is 19.1 Å². The Labute approximate surface area is 171 Å². The lowest BCUT2D eigenvalue weighted by molar-refractivity contribution is -0.385. The van der Waals surface area contributed by atoms with Crippen molar-refractivity contribution in [3.05, 3.63) is 94.0 Å². The summed E-state index contributed by atoms with van der Waals surface area (Å²) in [5.41, 5.74) is 7.18. The molecule has 3 aromatic rings. The third-order valence-corrected chi connectivity index (χ3v) is 4.25. The number of hydrogen-bond acceptors (Lipinski definition) is 6. The standard InChI is InChI=1S/C21H19FN4O4/c22-18-3-1-2-4-20(18)25-21(27)19(23)11-14-5-7-17(8-6-14)30-13-15-12-16(26(28)29)9-10-24-15/h1-10,12,19H,11,13,23H2,(H,25,27)/t19-/m0/s1. The van der Waals surface area contributed by atoms with Crippen LogP contribution in [0.15, 0.2) is 66.9 Å². The third kappa shape index (κ3) is 5.58. The number of nitrogens with zero attached hydrogens (tertiary/aromatic N) is 2. The lowest BCUT2D eigenvalue weighted by Crippen LogP contribution is -2.37. The van der Waals surface area contributed by atoms with Crippen molar-refractivity contribution in [2.75, 3.05) is 5.32 Å². The molecule has 1 amide bonds. The van der Waals surface area contributed by atoms with Crippen molar-refractivity contribution in [3.63, 3.8) is 0 Å². The minimum Gasteiger partial charge on any atom is -0.487 e. The van der Waals surface area contributed by atoms with Crippen LogP contribution in [0.1, 0.15) is 11.3 Å². The average Bonchev–Trinajstić information content (AvgIpc) is 2.75. The molecule has 0 fully saturated rings. The minimum absolute atomic E-state index is 0.0541. The van der Waals surface area contributed by atoms with E-state index in [4.69, 9.17) is 10.5 Å². The van der Waals surface area contributed by atoms with Crippen LogP contribution in [-0.2, 0) is 17.8 Å². The summed E-state index contributed by atoms with van der Waals surface area (Å²) >= 11 is 0. The van der Waals surface area contributed by atoms with E-state index in [1.54, 1.807) is 30.3 Å². The molecule has 0 aliphatic carbocycles. The number of pyridine rings is 1. The van der Waals surface area contributed by atoms with E-state index in [-0.39, 0.29) is 24.4 Å². The molecule has 1 heterocycles. The molecule has 3 N–H and O–H groups in total. The lowest BCUT2D eigenvalue weighted by atomic mass is 10.1. The second-order valence-corrected chi connectivity index (χ2v) is 6.47. The van der Waals surface area contributed by atoms with Gasteiger partial charge in [-0.15, -0.1) is 0 Å². The van der Waals surface area contributed by atoms with Crippen molar-refractivity contribution in [3.8, 4) is 5.75 Å². The summed E-state index contributed by atoms with van der Waals surface area (Å²) in [6, 6.07) is 14.6. The van der Waals surface area contributed by atoms with Gasteiger partial charge in [-0.3, -0.25) is 19.9 Å². The average molecular weight is 410 g/mol. The number of aromatic nitrogens is 1. The van der Waals surface area contributed by atoms with Gasteiger partial charge in [0, 0.05) is 18.3 Å². The summed E-state index contributed by atoms with van der Waals surface area (Å²) < 4.78 is 19.2. The molecule has 0 aliphatic rings. The Bertz CT molecular complexity index is 1040. The second-order valence-electron chi connectivity index (χ2n) is 6.47. The molecule has 0 spiro atoms. The van der Waals surface area contributed by atoms with Crippen LogP contribution >= 0.6 is 0 Å². The highest BCUT2D eigenvalue weighted by Crippen LogP contribution is 2.17. The van der Waals surface area contributed by atoms with Gasteiger partial charge in [-0.25, -0.2) is 4.39 Å². The van der Waals surface area contributed by atoms with Crippen LogP contribution in [0.25, 0.3) is 0 Å². The Morgan fingerprint density at radius 2 is 1.93 bits per heavy atom. The number of ether oxygens (including phenoxy) is 1. The number of carbonyl (C=O) groups excluding carboxylic acids is 1.